The van der Waals surface area contributed by atoms with Crippen LogP contribution in [0.3, 0.4) is 0 Å². The second-order valence-corrected chi connectivity index (χ2v) is 5.91. The molecule has 0 bridgehead atoms. The first-order valence-electron chi connectivity index (χ1n) is 5.62. The third kappa shape index (κ3) is 3.60. The maximum absolute atomic E-state index is 12.0. The van der Waals surface area contributed by atoms with Crippen molar-refractivity contribution in [1.29, 1.82) is 0 Å². The Morgan fingerprint density at radius 3 is 2.61 bits per heavy atom. The lowest BCUT2D eigenvalue weighted by Crippen LogP contribution is -2.37. The third-order valence-electron chi connectivity index (χ3n) is 2.38. The molecule has 18 heavy (non-hydrogen) atoms. The maximum atomic E-state index is 12.0. The molecule has 1 unspecified atom stereocenters. The lowest BCUT2D eigenvalue weighted by atomic mass is 10.1. The minimum Gasteiger partial charge on any atom is -0.447 e. The summed E-state index contributed by atoms with van der Waals surface area (Å²) in [6.45, 7) is 4.17. The largest absolute Gasteiger partial charge is 0.447 e. The van der Waals surface area contributed by atoms with E-state index in [1.165, 1.54) is 6.07 Å². The molecule has 0 fully saturated rings. The molecule has 0 aliphatic carbocycles. The van der Waals surface area contributed by atoms with Crippen LogP contribution in [-0.4, -0.2) is 21.5 Å². The molecule has 0 aromatic carbocycles. The number of nitrogens with one attached hydrogen (secondary N) is 2. The molecule has 100 valence electrons. The van der Waals surface area contributed by atoms with Gasteiger partial charge in [0.25, 0.3) is 10.0 Å². The molecule has 1 atom stereocenters. The van der Waals surface area contributed by atoms with Crippen LogP contribution in [0.5, 0.6) is 0 Å². The molecular formula is C12H18N2O3S. The number of hydrogen-bond acceptors (Lipinski definition) is 4. The van der Waals surface area contributed by atoms with Crippen LogP contribution >= 0.6 is 0 Å². The zero-order valence-corrected chi connectivity index (χ0v) is 11.5. The highest BCUT2D eigenvalue weighted by Gasteiger charge is 2.23. The topological polar surface area (TPSA) is 71.3 Å². The number of sulfonamides is 1. The average Bonchev–Trinajstić information content (AvgIpc) is 2.75. The van der Waals surface area contributed by atoms with Gasteiger partial charge in [-0.25, -0.2) is 8.42 Å². The van der Waals surface area contributed by atoms with Crippen molar-refractivity contribution in [3.05, 3.63) is 17.9 Å². The van der Waals surface area contributed by atoms with Crippen molar-refractivity contribution in [1.82, 2.24) is 10.0 Å². The van der Waals surface area contributed by atoms with E-state index in [1.807, 2.05) is 13.8 Å². The van der Waals surface area contributed by atoms with Gasteiger partial charge in [0.1, 0.15) is 5.76 Å². The van der Waals surface area contributed by atoms with E-state index in [0.717, 1.165) is 0 Å². The zero-order chi connectivity index (χ0) is 13.8. The van der Waals surface area contributed by atoms with Crippen molar-refractivity contribution in [2.45, 2.75) is 31.5 Å². The Morgan fingerprint density at radius 1 is 1.44 bits per heavy atom. The molecule has 1 aromatic rings. The first kappa shape index (κ1) is 14.8. The first-order chi connectivity index (χ1) is 8.40. The Kier molecular flexibility index (Phi) is 4.96. The second-order valence-electron chi connectivity index (χ2n) is 4.26. The lowest BCUT2D eigenvalue weighted by Gasteiger charge is -2.15. The summed E-state index contributed by atoms with van der Waals surface area (Å²) in [5.41, 5.74) is 0. The van der Waals surface area contributed by atoms with Crippen LogP contribution in [0.15, 0.2) is 21.6 Å². The second kappa shape index (κ2) is 6.05. The van der Waals surface area contributed by atoms with E-state index in [1.54, 1.807) is 13.1 Å². The van der Waals surface area contributed by atoms with Crippen molar-refractivity contribution in [3.8, 4) is 12.3 Å². The predicted octanol–water partition coefficient (Wildman–Crippen LogP) is 0.935. The summed E-state index contributed by atoms with van der Waals surface area (Å²) in [7, 11) is -1.95. The van der Waals surface area contributed by atoms with E-state index < -0.39 is 16.1 Å². The van der Waals surface area contributed by atoms with Gasteiger partial charge in [0.2, 0.25) is 5.09 Å². The Morgan fingerprint density at radius 2 is 2.11 bits per heavy atom. The number of rotatable bonds is 6. The fourth-order valence-electron chi connectivity index (χ4n) is 1.36. The van der Waals surface area contributed by atoms with Gasteiger partial charge in [0, 0.05) is 0 Å². The van der Waals surface area contributed by atoms with Gasteiger partial charge in [0.05, 0.1) is 12.6 Å². The van der Waals surface area contributed by atoms with Crippen LogP contribution < -0.4 is 10.0 Å². The van der Waals surface area contributed by atoms with Crippen molar-refractivity contribution in [2.75, 3.05) is 7.05 Å². The van der Waals surface area contributed by atoms with E-state index in [0.29, 0.717) is 12.3 Å². The quantitative estimate of drug-likeness (QED) is 0.755. The Hall–Kier alpha value is -1.29. The molecule has 1 heterocycles. The molecular weight excluding hydrogens is 252 g/mol. The highest BCUT2D eigenvalue weighted by atomic mass is 32.2. The minimum atomic E-state index is -3.70. The van der Waals surface area contributed by atoms with Crippen molar-refractivity contribution in [3.63, 3.8) is 0 Å². The SMILES string of the molecule is C#CC(NS(=O)(=O)c1ccc(CNC)o1)C(C)C. The molecule has 1 aromatic heterocycles. The molecule has 1 rings (SSSR count). The summed E-state index contributed by atoms with van der Waals surface area (Å²) >= 11 is 0. The Balaban J connectivity index is 2.89. The van der Waals surface area contributed by atoms with Crippen molar-refractivity contribution in [2.24, 2.45) is 5.92 Å². The fraction of sp³-hybridized carbons (Fsp3) is 0.500. The van der Waals surface area contributed by atoms with Crippen LogP contribution in [-0.2, 0) is 16.6 Å². The molecule has 0 aliphatic heterocycles. The molecule has 0 radical (unpaired) electrons. The van der Waals surface area contributed by atoms with Gasteiger partial charge >= 0.3 is 0 Å². The van der Waals surface area contributed by atoms with Crippen LogP contribution in [0.1, 0.15) is 19.6 Å². The smallest absolute Gasteiger partial charge is 0.275 e. The summed E-state index contributed by atoms with van der Waals surface area (Å²) in [4.78, 5) is 0. The Bertz CT molecular complexity index is 526. The standard InChI is InChI=1S/C12H18N2O3S/c1-5-11(9(2)3)14-18(15,16)12-7-6-10(17-12)8-13-4/h1,6-7,9,11,13-14H,8H2,2-4H3. The third-order valence-corrected chi connectivity index (χ3v) is 3.69. The molecule has 2 N–H and O–H groups in total. The van der Waals surface area contributed by atoms with Gasteiger partial charge in [-0.05, 0) is 25.1 Å². The molecule has 0 aliphatic rings. The van der Waals surface area contributed by atoms with Crippen molar-refractivity contribution >= 4 is 10.0 Å². The van der Waals surface area contributed by atoms with Crippen LogP contribution in [0.4, 0.5) is 0 Å². The zero-order valence-electron chi connectivity index (χ0n) is 10.7. The van der Waals surface area contributed by atoms with Crippen LogP contribution in [0.2, 0.25) is 0 Å². The summed E-state index contributed by atoms with van der Waals surface area (Å²) in [5, 5.41) is 2.76. The van der Waals surface area contributed by atoms with Gasteiger partial charge in [-0.1, -0.05) is 19.8 Å². The molecule has 6 heteroatoms. The summed E-state index contributed by atoms with van der Waals surface area (Å²) < 4.78 is 31.7. The van der Waals surface area contributed by atoms with Gasteiger partial charge in [-0.3, -0.25) is 0 Å². The summed E-state index contributed by atoms with van der Waals surface area (Å²) in [5.74, 6) is 2.98. The van der Waals surface area contributed by atoms with E-state index in [2.05, 4.69) is 16.0 Å². The molecule has 0 saturated carbocycles. The molecule has 0 spiro atoms. The highest BCUT2D eigenvalue weighted by molar-refractivity contribution is 7.89. The van der Waals surface area contributed by atoms with Gasteiger partial charge in [0.15, 0.2) is 0 Å². The monoisotopic (exact) mass is 270 g/mol. The summed E-state index contributed by atoms with van der Waals surface area (Å²) in [6, 6.07) is 2.49. The Labute approximate surface area is 108 Å². The van der Waals surface area contributed by atoms with Gasteiger partial charge < -0.3 is 9.73 Å². The maximum Gasteiger partial charge on any atom is 0.275 e. The van der Waals surface area contributed by atoms with E-state index >= 15 is 0 Å². The van der Waals surface area contributed by atoms with Crippen LogP contribution in [0, 0.1) is 18.3 Å². The van der Waals surface area contributed by atoms with E-state index in [-0.39, 0.29) is 11.0 Å². The molecule has 0 saturated heterocycles. The first-order valence-corrected chi connectivity index (χ1v) is 7.10. The predicted molar refractivity (Wildman–Crippen MR) is 69.3 cm³/mol. The summed E-state index contributed by atoms with van der Waals surface area (Å²) in [6.07, 6.45) is 5.29. The van der Waals surface area contributed by atoms with Gasteiger partial charge in [-0.15, -0.1) is 6.42 Å². The minimum absolute atomic E-state index is 0.0107. The molecule has 5 nitrogen and oxygen atoms in total. The number of hydrogen-bond donors (Lipinski definition) is 2. The average molecular weight is 270 g/mol. The lowest BCUT2D eigenvalue weighted by molar-refractivity contribution is 0.401. The normalized spacial score (nSPS) is 13.5. The van der Waals surface area contributed by atoms with E-state index in [4.69, 9.17) is 10.8 Å². The number of terminal acetylenes is 1. The van der Waals surface area contributed by atoms with E-state index in [9.17, 15) is 8.42 Å². The number of furan rings is 1. The van der Waals surface area contributed by atoms with Gasteiger partial charge in [-0.2, -0.15) is 4.72 Å². The molecule has 0 amide bonds. The highest BCUT2D eigenvalue weighted by Crippen LogP contribution is 2.15. The van der Waals surface area contributed by atoms with Crippen molar-refractivity contribution < 1.29 is 12.8 Å². The fourth-order valence-corrected chi connectivity index (χ4v) is 2.61. The van der Waals surface area contributed by atoms with Crippen LogP contribution in [0.25, 0.3) is 0 Å².